The largest absolute Gasteiger partial charge is 0.506 e. The first-order chi connectivity index (χ1) is 19.9. The number of fused-ring (bicyclic) bond motifs is 2. The third kappa shape index (κ3) is 7.84. The number of primary amides is 1. The summed E-state index contributed by atoms with van der Waals surface area (Å²) in [6.07, 6.45) is 4.28. The maximum Gasteiger partial charge on any atom is 0.405 e. The van der Waals surface area contributed by atoms with Gasteiger partial charge < -0.3 is 45.5 Å². The smallest absolute Gasteiger partial charge is 0.405 e. The fourth-order valence-corrected chi connectivity index (χ4v) is 5.49. The predicted octanol–water partition coefficient (Wildman–Crippen LogP) is 3.77. The van der Waals surface area contributed by atoms with Gasteiger partial charge in [0.05, 0.1) is 23.6 Å². The number of hydrogen-bond acceptors (Lipinski definition) is 9. The van der Waals surface area contributed by atoms with Crippen LogP contribution in [0.5, 0.6) is 11.5 Å². The van der Waals surface area contributed by atoms with Crippen molar-refractivity contribution in [3.8, 4) is 11.5 Å². The Morgan fingerprint density at radius 3 is 2.40 bits per heavy atom. The van der Waals surface area contributed by atoms with Gasteiger partial charge in [0.15, 0.2) is 6.10 Å². The molecule has 232 valence electrons. The molecule has 1 aromatic rings. The Labute approximate surface area is 247 Å². The van der Waals surface area contributed by atoms with Crippen molar-refractivity contribution in [3.05, 3.63) is 47.1 Å². The summed E-state index contributed by atoms with van der Waals surface area (Å²) < 4.78 is 16.7. The average molecular weight is 588 g/mol. The molecule has 1 fully saturated rings. The number of amides is 2. The topological polar surface area (TPSA) is 164 Å². The Kier molecular flexibility index (Phi) is 11.4. The molecule has 6 atom stereocenters. The van der Waals surface area contributed by atoms with Crippen molar-refractivity contribution in [2.45, 2.75) is 71.4 Å². The first kappa shape index (κ1) is 33.0. The fraction of sp³-hybridized carbons (Fsp3) is 0.548. The molecule has 11 nitrogen and oxygen atoms in total. The molecule has 11 heteroatoms. The highest BCUT2D eigenvalue weighted by atomic mass is 16.6. The van der Waals surface area contributed by atoms with Crippen molar-refractivity contribution in [2.75, 3.05) is 37.5 Å². The molecule has 0 spiro atoms. The molecule has 2 bridgehead atoms. The molecule has 3 rings (SSSR count). The lowest BCUT2D eigenvalue weighted by Gasteiger charge is -2.36. The van der Waals surface area contributed by atoms with E-state index in [9.17, 15) is 24.9 Å². The predicted molar refractivity (Wildman–Crippen MR) is 161 cm³/mol. The SMILES string of the molecule is COC1/C=C\C=C(/C)C(=O)Nc2cc(O)c(N3CCC3)c(c2O)C[C@@H](C)C[C@H](OC)C(O)[C@@H](C)/C=C(\C)C1OC(N)=O. The van der Waals surface area contributed by atoms with E-state index in [0.29, 0.717) is 35.2 Å². The second kappa shape index (κ2) is 14.6. The Bertz CT molecular complexity index is 1220. The van der Waals surface area contributed by atoms with Crippen LogP contribution in [0.3, 0.4) is 0 Å². The summed E-state index contributed by atoms with van der Waals surface area (Å²) in [6, 6.07) is 1.37. The second-order valence-corrected chi connectivity index (χ2v) is 11.3. The number of anilines is 2. The van der Waals surface area contributed by atoms with E-state index in [4.69, 9.17) is 19.9 Å². The van der Waals surface area contributed by atoms with Crippen LogP contribution in [0.4, 0.5) is 16.2 Å². The number of methoxy groups -OCH3 is 2. The molecule has 0 radical (unpaired) electrons. The minimum absolute atomic E-state index is 0.0292. The van der Waals surface area contributed by atoms with Gasteiger partial charge in [0.25, 0.3) is 5.91 Å². The summed E-state index contributed by atoms with van der Waals surface area (Å²) in [5, 5.41) is 36.3. The zero-order chi connectivity index (χ0) is 31.1. The lowest BCUT2D eigenvalue weighted by molar-refractivity contribution is -0.112. The van der Waals surface area contributed by atoms with E-state index in [0.717, 1.165) is 19.5 Å². The number of aromatic hydroxyl groups is 2. The van der Waals surface area contributed by atoms with Gasteiger partial charge in [-0.05, 0) is 44.6 Å². The van der Waals surface area contributed by atoms with Crippen LogP contribution in [0.25, 0.3) is 0 Å². The number of nitrogens with one attached hydrogen (secondary N) is 1. The van der Waals surface area contributed by atoms with Gasteiger partial charge in [-0.3, -0.25) is 4.79 Å². The van der Waals surface area contributed by atoms with Crippen LogP contribution in [0.15, 0.2) is 41.5 Å². The van der Waals surface area contributed by atoms with Crippen molar-refractivity contribution < 1.29 is 39.1 Å². The number of rotatable bonds is 4. The number of hydrogen-bond donors (Lipinski definition) is 5. The Balaban J connectivity index is 2.10. The van der Waals surface area contributed by atoms with Crippen LogP contribution in [0.1, 0.15) is 46.1 Å². The molecule has 3 unspecified atom stereocenters. The zero-order valence-electron chi connectivity index (χ0n) is 25.3. The Morgan fingerprint density at radius 2 is 1.83 bits per heavy atom. The minimum Gasteiger partial charge on any atom is -0.506 e. The highest BCUT2D eigenvalue weighted by molar-refractivity contribution is 6.05. The molecule has 6 N–H and O–H groups in total. The number of nitrogens with zero attached hydrogens (tertiary/aromatic N) is 1. The molecule has 1 aromatic carbocycles. The van der Waals surface area contributed by atoms with E-state index in [1.54, 1.807) is 38.2 Å². The van der Waals surface area contributed by atoms with E-state index in [1.807, 2.05) is 18.7 Å². The van der Waals surface area contributed by atoms with Gasteiger partial charge in [-0.2, -0.15) is 0 Å². The van der Waals surface area contributed by atoms with Crippen molar-refractivity contribution >= 4 is 23.4 Å². The van der Waals surface area contributed by atoms with Crippen LogP contribution in [0, 0.1) is 11.8 Å². The number of phenols is 2. The molecule has 2 heterocycles. The van der Waals surface area contributed by atoms with Gasteiger partial charge in [0.1, 0.15) is 17.6 Å². The molecule has 0 aliphatic carbocycles. The summed E-state index contributed by atoms with van der Waals surface area (Å²) in [7, 11) is 2.99. The van der Waals surface area contributed by atoms with E-state index >= 15 is 0 Å². The van der Waals surface area contributed by atoms with Gasteiger partial charge in [-0.25, -0.2) is 4.79 Å². The van der Waals surface area contributed by atoms with Crippen LogP contribution >= 0.6 is 0 Å². The molecule has 2 amide bonds. The lowest BCUT2D eigenvalue weighted by atomic mass is 9.87. The normalized spacial score (nSPS) is 31.1. The van der Waals surface area contributed by atoms with Crippen LogP contribution in [-0.4, -0.2) is 79.0 Å². The minimum atomic E-state index is -0.980. The molecule has 2 aliphatic heterocycles. The first-order valence-corrected chi connectivity index (χ1v) is 14.2. The first-order valence-electron chi connectivity index (χ1n) is 14.2. The molecule has 2 aliphatic rings. The molecule has 0 saturated carbocycles. The maximum absolute atomic E-state index is 13.1. The lowest BCUT2D eigenvalue weighted by Crippen LogP contribution is -2.38. The van der Waals surface area contributed by atoms with Crippen molar-refractivity contribution in [2.24, 2.45) is 17.6 Å². The second-order valence-electron chi connectivity index (χ2n) is 11.3. The van der Waals surface area contributed by atoms with Crippen LogP contribution in [-0.2, 0) is 25.4 Å². The van der Waals surface area contributed by atoms with Gasteiger partial charge in [-0.1, -0.05) is 38.2 Å². The van der Waals surface area contributed by atoms with Gasteiger partial charge >= 0.3 is 6.09 Å². The van der Waals surface area contributed by atoms with E-state index < -0.39 is 42.3 Å². The summed E-state index contributed by atoms with van der Waals surface area (Å²) in [5.74, 6) is -1.10. The van der Waals surface area contributed by atoms with Crippen molar-refractivity contribution in [1.29, 1.82) is 0 Å². The molecule has 1 saturated heterocycles. The van der Waals surface area contributed by atoms with Crippen LogP contribution < -0.4 is 16.0 Å². The van der Waals surface area contributed by atoms with Crippen molar-refractivity contribution in [1.82, 2.24) is 0 Å². The summed E-state index contributed by atoms with van der Waals surface area (Å²) in [4.78, 5) is 26.8. The van der Waals surface area contributed by atoms with E-state index in [1.165, 1.54) is 20.3 Å². The number of phenolic OH excluding ortho intramolecular Hbond substituents is 2. The molecule has 42 heavy (non-hydrogen) atoms. The van der Waals surface area contributed by atoms with Gasteiger partial charge in [-0.15, -0.1) is 0 Å². The number of benzene rings is 1. The molecular formula is C31H45N3O8. The number of allylic oxidation sites excluding steroid dienone is 2. The van der Waals surface area contributed by atoms with E-state index in [-0.39, 0.29) is 23.1 Å². The van der Waals surface area contributed by atoms with Crippen molar-refractivity contribution in [3.63, 3.8) is 0 Å². The fourth-order valence-electron chi connectivity index (χ4n) is 5.49. The Morgan fingerprint density at radius 1 is 1.14 bits per heavy atom. The van der Waals surface area contributed by atoms with E-state index in [2.05, 4.69) is 5.32 Å². The maximum atomic E-state index is 13.1. The van der Waals surface area contributed by atoms with Crippen LogP contribution in [0.2, 0.25) is 0 Å². The molecular weight excluding hydrogens is 542 g/mol. The molecule has 0 aromatic heterocycles. The standard InChI is InChI=1S/C31H45N3O8/c1-17-13-21-26(34-11-8-12-34)23(35)16-22(28(21)37)33-30(38)18(2)9-7-10-24(40-5)29(42-31(32)39)20(4)15-19(3)27(36)25(14-17)41-6/h7,9-10,15-17,19,24-25,27,29,35-37H,8,11-14H2,1-6H3,(H2,32,39)(H,33,38)/b10-7-,18-9+,20-15+/t17-,19+,24?,25+,27?,29?/m1/s1. The Hall–Kier alpha value is -3.54. The summed E-state index contributed by atoms with van der Waals surface area (Å²) in [5.41, 5.74) is 7.47. The number of ether oxygens (including phenoxy) is 3. The number of carbonyl (C=O) groups is 2. The number of aliphatic hydroxyl groups excluding tert-OH is 1. The van der Waals surface area contributed by atoms with Gasteiger partial charge in [0, 0.05) is 50.4 Å². The monoisotopic (exact) mass is 587 g/mol. The highest BCUT2D eigenvalue weighted by Crippen LogP contribution is 2.45. The third-order valence-corrected chi connectivity index (χ3v) is 7.97. The highest BCUT2D eigenvalue weighted by Gasteiger charge is 2.31. The average Bonchev–Trinajstić information content (AvgIpc) is 2.90. The summed E-state index contributed by atoms with van der Waals surface area (Å²) in [6.45, 7) is 8.68. The number of carbonyl (C=O) groups excluding carboxylic acids is 2. The zero-order valence-corrected chi connectivity index (χ0v) is 25.3. The number of nitrogens with two attached hydrogens (primary N) is 1. The number of aliphatic hydroxyl groups is 1. The summed E-state index contributed by atoms with van der Waals surface area (Å²) >= 11 is 0. The van der Waals surface area contributed by atoms with Gasteiger partial charge in [0.2, 0.25) is 0 Å². The third-order valence-electron chi connectivity index (χ3n) is 7.97. The quantitative estimate of drug-likeness (QED) is 0.200.